The van der Waals surface area contributed by atoms with Crippen LogP contribution < -0.4 is 0 Å². The van der Waals surface area contributed by atoms with Crippen molar-refractivity contribution in [1.82, 2.24) is 4.90 Å². The summed E-state index contributed by atoms with van der Waals surface area (Å²) in [5.41, 5.74) is 0.425. The van der Waals surface area contributed by atoms with E-state index in [1.807, 2.05) is 0 Å². The zero-order chi connectivity index (χ0) is 11.8. The average molecular weight is 223 g/mol. The summed E-state index contributed by atoms with van der Waals surface area (Å²) in [5, 5.41) is 0. The molecule has 0 N–H and O–H groups in total. The van der Waals surface area contributed by atoms with E-state index in [0.717, 1.165) is 31.7 Å². The molecule has 1 saturated carbocycles. The first kappa shape index (κ1) is 12.1. The highest BCUT2D eigenvalue weighted by molar-refractivity contribution is 5.83. The van der Waals surface area contributed by atoms with E-state index < -0.39 is 0 Å². The molecule has 0 aromatic heterocycles. The number of hydrogen-bond acceptors (Lipinski definition) is 2. The molecule has 0 bridgehead atoms. The summed E-state index contributed by atoms with van der Waals surface area (Å²) in [5.74, 6) is 1.68. The minimum absolute atomic E-state index is 0.360. The summed E-state index contributed by atoms with van der Waals surface area (Å²) in [7, 11) is 0. The van der Waals surface area contributed by atoms with E-state index in [9.17, 15) is 4.79 Å². The molecule has 2 rings (SSSR count). The second-order valence-electron chi connectivity index (χ2n) is 6.67. The lowest BCUT2D eigenvalue weighted by atomic mass is 9.80. The molecule has 0 aromatic carbocycles. The molecule has 0 spiro atoms. The van der Waals surface area contributed by atoms with Crippen molar-refractivity contribution in [2.24, 2.45) is 17.3 Å². The van der Waals surface area contributed by atoms with Crippen molar-refractivity contribution < 1.29 is 4.79 Å². The van der Waals surface area contributed by atoms with Gasteiger partial charge in [0.05, 0.1) is 0 Å². The Kier molecular flexibility index (Phi) is 3.39. The molecular weight excluding hydrogens is 198 g/mol. The van der Waals surface area contributed by atoms with E-state index in [1.165, 1.54) is 19.5 Å². The summed E-state index contributed by atoms with van der Waals surface area (Å²) in [6, 6.07) is 0. The highest BCUT2D eigenvalue weighted by Crippen LogP contribution is 2.34. The SMILES string of the molecule is CC(C)(C)C1CCN(CC2CCCC2=O)C1. The number of hydrogen-bond donors (Lipinski definition) is 0. The fraction of sp³-hybridized carbons (Fsp3) is 0.929. The van der Waals surface area contributed by atoms with Gasteiger partial charge < -0.3 is 4.90 Å². The van der Waals surface area contributed by atoms with Crippen LogP contribution >= 0.6 is 0 Å². The van der Waals surface area contributed by atoms with Crippen LogP contribution in [0.2, 0.25) is 0 Å². The second kappa shape index (κ2) is 4.48. The third-order valence-corrected chi connectivity index (χ3v) is 4.41. The van der Waals surface area contributed by atoms with Gasteiger partial charge in [0.2, 0.25) is 0 Å². The lowest BCUT2D eigenvalue weighted by Gasteiger charge is -2.27. The topological polar surface area (TPSA) is 20.3 Å². The quantitative estimate of drug-likeness (QED) is 0.717. The molecule has 1 saturated heterocycles. The molecule has 92 valence electrons. The maximum Gasteiger partial charge on any atom is 0.137 e. The Bertz CT molecular complexity index is 266. The van der Waals surface area contributed by atoms with E-state index in [2.05, 4.69) is 25.7 Å². The van der Waals surface area contributed by atoms with Crippen LogP contribution in [-0.2, 0) is 4.79 Å². The van der Waals surface area contributed by atoms with Gasteiger partial charge in [0.15, 0.2) is 0 Å². The lowest BCUT2D eigenvalue weighted by Crippen LogP contribution is -2.31. The van der Waals surface area contributed by atoms with Crippen LogP contribution in [0.5, 0.6) is 0 Å². The summed E-state index contributed by atoms with van der Waals surface area (Å²) in [6.45, 7) is 10.4. The van der Waals surface area contributed by atoms with Gasteiger partial charge in [-0.05, 0) is 37.1 Å². The van der Waals surface area contributed by atoms with Gasteiger partial charge in [-0.25, -0.2) is 0 Å². The molecule has 1 heterocycles. The van der Waals surface area contributed by atoms with Gasteiger partial charge in [-0.15, -0.1) is 0 Å². The van der Waals surface area contributed by atoms with Crippen molar-refractivity contribution in [3.8, 4) is 0 Å². The Morgan fingerprint density at radius 2 is 2.06 bits per heavy atom. The molecule has 0 aromatic rings. The Labute approximate surface area is 99.4 Å². The van der Waals surface area contributed by atoms with Crippen LogP contribution in [0.4, 0.5) is 0 Å². The Balaban J connectivity index is 1.83. The van der Waals surface area contributed by atoms with Crippen molar-refractivity contribution in [2.75, 3.05) is 19.6 Å². The zero-order valence-electron chi connectivity index (χ0n) is 11.0. The second-order valence-corrected chi connectivity index (χ2v) is 6.67. The number of carbonyl (C=O) groups is 1. The van der Waals surface area contributed by atoms with Crippen LogP contribution in [0.25, 0.3) is 0 Å². The highest BCUT2D eigenvalue weighted by atomic mass is 16.1. The molecule has 2 nitrogen and oxygen atoms in total. The number of carbonyl (C=O) groups excluding carboxylic acids is 1. The minimum atomic E-state index is 0.360. The molecule has 1 aliphatic heterocycles. The molecule has 1 aliphatic carbocycles. The van der Waals surface area contributed by atoms with Gasteiger partial charge in [-0.2, -0.15) is 0 Å². The van der Waals surface area contributed by atoms with Gasteiger partial charge in [0.1, 0.15) is 5.78 Å². The molecule has 0 amide bonds. The van der Waals surface area contributed by atoms with Crippen molar-refractivity contribution in [2.45, 2.75) is 46.5 Å². The molecule has 2 aliphatic rings. The first-order valence-corrected chi connectivity index (χ1v) is 6.72. The molecule has 16 heavy (non-hydrogen) atoms. The molecule has 2 heteroatoms. The van der Waals surface area contributed by atoms with E-state index in [4.69, 9.17) is 0 Å². The number of nitrogens with zero attached hydrogens (tertiary/aromatic N) is 1. The van der Waals surface area contributed by atoms with Crippen molar-refractivity contribution >= 4 is 5.78 Å². The number of Topliss-reactive ketones (excluding diaryl/α,β-unsaturated/α-hetero) is 1. The summed E-state index contributed by atoms with van der Waals surface area (Å²) >= 11 is 0. The van der Waals surface area contributed by atoms with Gasteiger partial charge in [-0.1, -0.05) is 20.8 Å². The molecule has 0 radical (unpaired) electrons. The minimum Gasteiger partial charge on any atom is -0.302 e. The van der Waals surface area contributed by atoms with E-state index >= 15 is 0 Å². The first-order valence-electron chi connectivity index (χ1n) is 6.72. The van der Waals surface area contributed by atoms with Gasteiger partial charge in [0.25, 0.3) is 0 Å². The number of ketones is 1. The summed E-state index contributed by atoms with van der Waals surface area (Å²) in [4.78, 5) is 14.1. The number of likely N-dealkylation sites (tertiary alicyclic amines) is 1. The first-order chi connectivity index (χ1) is 7.47. The smallest absolute Gasteiger partial charge is 0.137 e. The Morgan fingerprint density at radius 1 is 1.31 bits per heavy atom. The third-order valence-electron chi connectivity index (χ3n) is 4.41. The van der Waals surface area contributed by atoms with E-state index in [1.54, 1.807) is 0 Å². The van der Waals surface area contributed by atoms with E-state index in [0.29, 0.717) is 17.1 Å². The zero-order valence-corrected chi connectivity index (χ0v) is 11.0. The monoisotopic (exact) mass is 223 g/mol. The number of rotatable bonds is 2. The van der Waals surface area contributed by atoms with Gasteiger partial charge in [0, 0.05) is 25.4 Å². The van der Waals surface area contributed by atoms with Crippen molar-refractivity contribution in [3.63, 3.8) is 0 Å². The predicted octanol–water partition coefficient (Wildman–Crippen LogP) is 2.72. The van der Waals surface area contributed by atoms with Crippen LogP contribution in [0.15, 0.2) is 0 Å². The van der Waals surface area contributed by atoms with Gasteiger partial charge >= 0.3 is 0 Å². The van der Waals surface area contributed by atoms with Crippen LogP contribution in [0.3, 0.4) is 0 Å². The Hall–Kier alpha value is -0.370. The molecule has 2 atom stereocenters. The predicted molar refractivity (Wildman–Crippen MR) is 66.4 cm³/mol. The summed E-state index contributed by atoms with van der Waals surface area (Å²) < 4.78 is 0. The normalized spacial score (nSPS) is 32.6. The highest BCUT2D eigenvalue weighted by Gasteiger charge is 2.34. The molecular formula is C14H25NO. The summed E-state index contributed by atoms with van der Waals surface area (Å²) in [6.07, 6.45) is 4.40. The van der Waals surface area contributed by atoms with E-state index in [-0.39, 0.29) is 0 Å². The fourth-order valence-electron chi connectivity index (χ4n) is 3.10. The maximum absolute atomic E-state index is 11.6. The van der Waals surface area contributed by atoms with Crippen LogP contribution in [0, 0.1) is 17.3 Å². The lowest BCUT2D eigenvalue weighted by molar-refractivity contribution is -0.121. The van der Waals surface area contributed by atoms with Gasteiger partial charge in [-0.3, -0.25) is 4.79 Å². The standard InChI is InChI=1S/C14H25NO/c1-14(2,3)12-7-8-15(10-12)9-11-5-4-6-13(11)16/h11-12H,4-10H2,1-3H3. The Morgan fingerprint density at radius 3 is 2.56 bits per heavy atom. The fourth-order valence-corrected chi connectivity index (χ4v) is 3.10. The van der Waals surface area contributed by atoms with Crippen LogP contribution in [-0.4, -0.2) is 30.3 Å². The average Bonchev–Trinajstić information content (AvgIpc) is 2.76. The van der Waals surface area contributed by atoms with Crippen LogP contribution in [0.1, 0.15) is 46.5 Å². The molecule has 2 fully saturated rings. The maximum atomic E-state index is 11.6. The largest absolute Gasteiger partial charge is 0.302 e. The third kappa shape index (κ3) is 2.65. The molecule has 2 unspecified atom stereocenters. The van der Waals surface area contributed by atoms with Crippen molar-refractivity contribution in [3.05, 3.63) is 0 Å². The van der Waals surface area contributed by atoms with Crippen molar-refractivity contribution in [1.29, 1.82) is 0 Å².